The van der Waals surface area contributed by atoms with E-state index in [-0.39, 0.29) is 12.3 Å². The van der Waals surface area contributed by atoms with E-state index in [1.807, 2.05) is 32.0 Å². The number of aryl methyl sites for hydroxylation is 1. The normalized spacial score (nSPS) is 12.6. The van der Waals surface area contributed by atoms with Crippen molar-refractivity contribution in [1.29, 1.82) is 0 Å². The summed E-state index contributed by atoms with van der Waals surface area (Å²) >= 11 is 0. The lowest BCUT2D eigenvalue weighted by atomic mass is 10.1. The average molecular weight is 407 g/mol. The second-order valence-electron chi connectivity index (χ2n) is 6.34. The van der Waals surface area contributed by atoms with E-state index in [0.717, 1.165) is 16.9 Å². The molecule has 0 saturated heterocycles. The van der Waals surface area contributed by atoms with Crippen LogP contribution in [0.25, 0.3) is 0 Å². The Balaban J connectivity index is 1.95. The molecule has 158 valence electrons. The number of nitrogens with one attached hydrogen (secondary N) is 2. The van der Waals surface area contributed by atoms with Crippen LogP contribution in [0.4, 0.5) is 8.78 Å². The Kier molecular flexibility index (Phi) is 8.67. The molecule has 0 heterocycles. The van der Waals surface area contributed by atoms with Crippen molar-refractivity contribution >= 4 is 5.96 Å². The van der Waals surface area contributed by atoms with Gasteiger partial charge in [0.2, 0.25) is 0 Å². The zero-order valence-corrected chi connectivity index (χ0v) is 16.8. The molecule has 0 fully saturated rings. The fraction of sp³-hybridized carbons (Fsp3) is 0.381. The number of rotatable bonds is 9. The number of methoxy groups -OCH3 is 1. The first kappa shape index (κ1) is 22.4. The van der Waals surface area contributed by atoms with Crippen molar-refractivity contribution in [3.8, 4) is 11.5 Å². The van der Waals surface area contributed by atoms with Gasteiger partial charge in [-0.25, -0.2) is 4.99 Å². The molecule has 0 saturated carbocycles. The van der Waals surface area contributed by atoms with Crippen LogP contribution in [0, 0.1) is 6.92 Å². The monoisotopic (exact) mass is 407 g/mol. The molecular formula is C21H27F2N3O3. The minimum atomic E-state index is -2.87. The van der Waals surface area contributed by atoms with Crippen molar-refractivity contribution < 1.29 is 23.4 Å². The van der Waals surface area contributed by atoms with Gasteiger partial charge >= 0.3 is 6.61 Å². The Morgan fingerprint density at radius 2 is 1.86 bits per heavy atom. The van der Waals surface area contributed by atoms with Crippen molar-refractivity contribution in [1.82, 2.24) is 10.6 Å². The smallest absolute Gasteiger partial charge is 0.387 e. The third-order valence-electron chi connectivity index (χ3n) is 4.18. The molecule has 1 atom stereocenters. The fourth-order valence-corrected chi connectivity index (χ4v) is 2.73. The molecule has 2 aromatic rings. The summed E-state index contributed by atoms with van der Waals surface area (Å²) in [6.45, 7) is 2.40. The lowest BCUT2D eigenvalue weighted by Gasteiger charge is -2.16. The molecule has 2 aromatic carbocycles. The highest BCUT2D eigenvalue weighted by Crippen LogP contribution is 2.20. The topological polar surface area (TPSA) is 75.1 Å². The molecule has 3 N–H and O–H groups in total. The largest absolute Gasteiger partial charge is 0.496 e. The lowest BCUT2D eigenvalue weighted by molar-refractivity contribution is -0.0498. The van der Waals surface area contributed by atoms with Crippen molar-refractivity contribution in [2.45, 2.75) is 33.1 Å². The van der Waals surface area contributed by atoms with Gasteiger partial charge in [0.05, 0.1) is 19.8 Å². The number of benzene rings is 2. The van der Waals surface area contributed by atoms with Gasteiger partial charge in [-0.3, -0.25) is 0 Å². The summed E-state index contributed by atoms with van der Waals surface area (Å²) in [5, 5.41) is 16.6. The molecular weight excluding hydrogens is 380 g/mol. The van der Waals surface area contributed by atoms with Gasteiger partial charge in [0.1, 0.15) is 11.5 Å². The van der Waals surface area contributed by atoms with Gasteiger partial charge in [0.15, 0.2) is 5.96 Å². The predicted molar refractivity (Wildman–Crippen MR) is 109 cm³/mol. The van der Waals surface area contributed by atoms with Gasteiger partial charge < -0.3 is 25.2 Å². The number of halogens is 2. The minimum Gasteiger partial charge on any atom is -0.496 e. The molecule has 0 aromatic heterocycles. The summed E-state index contributed by atoms with van der Waals surface area (Å²) in [4.78, 5) is 4.53. The zero-order chi connectivity index (χ0) is 21.2. The molecule has 29 heavy (non-hydrogen) atoms. The molecule has 1 unspecified atom stereocenters. The maximum absolute atomic E-state index is 12.2. The molecule has 0 aliphatic rings. The quantitative estimate of drug-likeness (QED) is 0.439. The molecule has 2 rings (SSSR count). The van der Waals surface area contributed by atoms with E-state index in [9.17, 15) is 13.9 Å². The maximum Gasteiger partial charge on any atom is 0.387 e. The van der Waals surface area contributed by atoms with E-state index in [2.05, 4.69) is 20.4 Å². The SMILES string of the molecule is CCNC(=NCc1ccc(OC)c(C)c1)NCC(O)c1ccc(OC(F)F)cc1. The molecule has 0 amide bonds. The standard InChI is InChI=1S/C21H27F2N3O3/c1-4-24-21(25-12-15-5-10-19(28-3)14(2)11-15)26-13-18(27)16-6-8-17(9-7-16)29-20(22)23/h5-11,18,20,27H,4,12-13H2,1-3H3,(H2,24,25,26). The Morgan fingerprint density at radius 3 is 2.45 bits per heavy atom. The van der Waals surface area contributed by atoms with Crippen molar-refractivity contribution in [2.75, 3.05) is 20.2 Å². The van der Waals surface area contributed by atoms with Crippen LogP contribution in [0.2, 0.25) is 0 Å². The third kappa shape index (κ3) is 7.23. The highest BCUT2D eigenvalue weighted by atomic mass is 19.3. The first-order valence-electron chi connectivity index (χ1n) is 9.31. The van der Waals surface area contributed by atoms with Crippen LogP contribution in [0.1, 0.15) is 29.7 Å². The van der Waals surface area contributed by atoms with Crippen LogP contribution in [0.5, 0.6) is 11.5 Å². The first-order valence-corrected chi connectivity index (χ1v) is 9.31. The maximum atomic E-state index is 12.2. The predicted octanol–water partition coefficient (Wildman–Crippen LogP) is 3.39. The first-order chi connectivity index (χ1) is 13.9. The van der Waals surface area contributed by atoms with E-state index in [1.54, 1.807) is 19.2 Å². The summed E-state index contributed by atoms with van der Waals surface area (Å²) in [7, 11) is 1.64. The van der Waals surface area contributed by atoms with Gasteiger partial charge in [-0.2, -0.15) is 8.78 Å². The molecule has 0 aliphatic heterocycles. The van der Waals surface area contributed by atoms with Crippen molar-refractivity contribution in [3.05, 3.63) is 59.2 Å². The van der Waals surface area contributed by atoms with E-state index in [1.165, 1.54) is 12.1 Å². The Bertz CT molecular complexity index is 798. The number of hydrogen-bond donors (Lipinski definition) is 3. The highest BCUT2D eigenvalue weighted by molar-refractivity contribution is 5.79. The average Bonchev–Trinajstić information content (AvgIpc) is 2.70. The number of guanidine groups is 1. The van der Waals surface area contributed by atoms with E-state index < -0.39 is 12.7 Å². The van der Waals surface area contributed by atoms with E-state index >= 15 is 0 Å². The molecule has 0 aliphatic carbocycles. The van der Waals surface area contributed by atoms with Gasteiger partial charge in [-0.05, 0) is 48.7 Å². The van der Waals surface area contributed by atoms with Gasteiger partial charge in [0, 0.05) is 13.1 Å². The lowest BCUT2D eigenvalue weighted by Crippen LogP contribution is -2.39. The van der Waals surface area contributed by atoms with Gasteiger partial charge in [-0.1, -0.05) is 24.3 Å². The fourth-order valence-electron chi connectivity index (χ4n) is 2.73. The number of alkyl halides is 2. The number of ether oxygens (including phenoxy) is 2. The van der Waals surface area contributed by atoms with Crippen LogP contribution in [0.3, 0.4) is 0 Å². The summed E-state index contributed by atoms with van der Waals surface area (Å²) in [5.41, 5.74) is 2.66. The second-order valence-corrected chi connectivity index (χ2v) is 6.34. The second kappa shape index (κ2) is 11.2. The van der Waals surface area contributed by atoms with Crippen LogP contribution >= 0.6 is 0 Å². The molecule has 8 heteroatoms. The summed E-state index contributed by atoms with van der Waals surface area (Å²) < 4.78 is 34.0. The highest BCUT2D eigenvalue weighted by Gasteiger charge is 2.10. The number of nitrogens with zero attached hydrogens (tertiary/aromatic N) is 1. The van der Waals surface area contributed by atoms with Gasteiger partial charge in [-0.15, -0.1) is 0 Å². The van der Waals surface area contributed by atoms with Crippen LogP contribution in [-0.4, -0.2) is 37.9 Å². The number of aliphatic hydroxyl groups is 1. The van der Waals surface area contributed by atoms with E-state index in [4.69, 9.17) is 4.74 Å². The summed E-state index contributed by atoms with van der Waals surface area (Å²) in [6.07, 6.45) is -0.831. The number of hydrogen-bond acceptors (Lipinski definition) is 4. The van der Waals surface area contributed by atoms with E-state index in [0.29, 0.717) is 24.6 Å². The molecule has 6 nitrogen and oxygen atoms in total. The summed E-state index contributed by atoms with van der Waals surface area (Å²) in [5.74, 6) is 1.45. The zero-order valence-electron chi connectivity index (χ0n) is 16.8. The van der Waals surface area contributed by atoms with Gasteiger partial charge in [0.25, 0.3) is 0 Å². The molecule has 0 spiro atoms. The number of aliphatic hydroxyl groups excluding tert-OH is 1. The Morgan fingerprint density at radius 1 is 1.14 bits per heavy atom. The molecule has 0 bridgehead atoms. The minimum absolute atomic E-state index is 0.0496. The van der Waals surface area contributed by atoms with Crippen LogP contribution in [0.15, 0.2) is 47.5 Å². The van der Waals surface area contributed by atoms with Crippen molar-refractivity contribution in [2.24, 2.45) is 4.99 Å². The third-order valence-corrected chi connectivity index (χ3v) is 4.18. The van der Waals surface area contributed by atoms with Crippen LogP contribution < -0.4 is 20.1 Å². The Labute approximate surface area is 169 Å². The summed E-state index contributed by atoms with van der Waals surface area (Å²) in [6, 6.07) is 11.8. The van der Waals surface area contributed by atoms with Crippen LogP contribution in [-0.2, 0) is 6.54 Å². The molecule has 0 radical (unpaired) electrons. The Hall–Kier alpha value is -2.87. The number of aliphatic imine (C=N–C) groups is 1. The van der Waals surface area contributed by atoms with Crippen molar-refractivity contribution in [3.63, 3.8) is 0 Å².